The maximum Gasteiger partial charge on any atom is 0.0285 e. The summed E-state index contributed by atoms with van der Waals surface area (Å²) in [5.74, 6) is 1.67. The van der Waals surface area contributed by atoms with Gasteiger partial charge in [0.1, 0.15) is 0 Å². The van der Waals surface area contributed by atoms with Crippen LogP contribution in [0.25, 0.3) is 0 Å². The van der Waals surface area contributed by atoms with Crippen molar-refractivity contribution in [3.63, 3.8) is 0 Å². The van der Waals surface area contributed by atoms with Crippen LogP contribution in [0.5, 0.6) is 0 Å². The van der Waals surface area contributed by atoms with E-state index in [0.29, 0.717) is 6.04 Å². The molecule has 2 rings (SSSR count). The summed E-state index contributed by atoms with van der Waals surface area (Å²) < 4.78 is 1.19. The zero-order chi connectivity index (χ0) is 12.3. The van der Waals surface area contributed by atoms with Crippen LogP contribution < -0.4 is 5.73 Å². The van der Waals surface area contributed by atoms with Gasteiger partial charge >= 0.3 is 0 Å². The molecule has 1 aromatic rings. The summed E-state index contributed by atoms with van der Waals surface area (Å²) in [6.45, 7) is 2.31. The normalized spacial score (nSPS) is 27.0. The third kappa shape index (κ3) is 3.80. The van der Waals surface area contributed by atoms with Gasteiger partial charge in [0.25, 0.3) is 0 Å². The molecule has 0 radical (unpaired) electrons. The van der Waals surface area contributed by atoms with Gasteiger partial charge in [0.15, 0.2) is 0 Å². The van der Waals surface area contributed by atoms with Crippen LogP contribution in [0, 0.1) is 11.8 Å². The largest absolute Gasteiger partial charge is 0.327 e. The second-order valence-electron chi connectivity index (χ2n) is 5.30. The molecule has 96 valence electrons. The second kappa shape index (κ2) is 6.35. The van der Waals surface area contributed by atoms with Crippen molar-refractivity contribution in [2.75, 3.05) is 0 Å². The Bertz CT molecular complexity index is 350. The molecule has 3 atom stereocenters. The lowest BCUT2D eigenvalue weighted by molar-refractivity contribution is 0.229. The summed E-state index contributed by atoms with van der Waals surface area (Å²) in [6, 6.07) is 2.57. The molecule has 1 aliphatic rings. The first kappa shape index (κ1) is 13.6. The molecule has 1 aliphatic carbocycles. The fourth-order valence-corrected chi connectivity index (χ4v) is 4.48. The highest BCUT2D eigenvalue weighted by Gasteiger charge is 2.25. The van der Waals surface area contributed by atoms with Gasteiger partial charge in [0.05, 0.1) is 0 Å². The Hall–Kier alpha value is 0.140. The van der Waals surface area contributed by atoms with Gasteiger partial charge < -0.3 is 5.73 Å². The first-order valence-corrected chi connectivity index (χ1v) is 8.34. The molecule has 0 spiro atoms. The van der Waals surface area contributed by atoms with Crippen LogP contribution >= 0.6 is 27.3 Å². The van der Waals surface area contributed by atoms with Crippen molar-refractivity contribution in [2.24, 2.45) is 17.6 Å². The SMILES string of the molecule is CCC1CCCC(C(N)Cc2cc(Br)cs2)C1. The highest BCUT2D eigenvalue weighted by molar-refractivity contribution is 9.10. The Morgan fingerprint density at radius 1 is 1.53 bits per heavy atom. The average Bonchev–Trinajstić information content (AvgIpc) is 2.75. The molecule has 1 heterocycles. The van der Waals surface area contributed by atoms with Crippen LogP contribution in [0.3, 0.4) is 0 Å². The van der Waals surface area contributed by atoms with Crippen LogP contribution in [0.1, 0.15) is 43.9 Å². The van der Waals surface area contributed by atoms with E-state index >= 15 is 0 Å². The smallest absolute Gasteiger partial charge is 0.0285 e. The van der Waals surface area contributed by atoms with Crippen molar-refractivity contribution in [3.8, 4) is 0 Å². The second-order valence-corrected chi connectivity index (χ2v) is 7.21. The molecule has 0 aliphatic heterocycles. The van der Waals surface area contributed by atoms with Crippen molar-refractivity contribution in [1.82, 2.24) is 0 Å². The van der Waals surface area contributed by atoms with Crippen LogP contribution in [0.2, 0.25) is 0 Å². The average molecular weight is 316 g/mol. The minimum absolute atomic E-state index is 0.356. The highest BCUT2D eigenvalue weighted by Crippen LogP contribution is 2.33. The lowest BCUT2D eigenvalue weighted by Gasteiger charge is -2.32. The van der Waals surface area contributed by atoms with Crippen molar-refractivity contribution >= 4 is 27.3 Å². The van der Waals surface area contributed by atoms with E-state index in [4.69, 9.17) is 5.73 Å². The van der Waals surface area contributed by atoms with Gasteiger partial charge in [0, 0.05) is 20.8 Å². The standard InChI is InChI=1S/C14H22BrNS/c1-2-10-4-3-5-11(6-10)14(16)8-13-7-12(15)9-17-13/h7,9-11,14H,2-6,8,16H2,1H3. The van der Waals surface area contributed by atoms with Crippen LogP contribution in [-0.2, 0) is 6.42 Å². The summed E-state index contributed by atoms with van der Waals surface area (Å²) in [5.41, 5.74) is 6.40. The number of nitrogens with two attached hydrogens (primary N) is 1. The zero-order valence-corrected chi connectivity index (χ0v) is 12.9. The van der Waals surface area contributed by atoms with E-state index in [2.05, 4.69) is 34.3 Å². The summed E-state index contributed by atoms with van der Waals surface area (Å²) in [4.78, 5) is 1.42. The molecule has 1 fully saturated rings. The summed E-state index contributed by atoms with van der Waals surface area (Å²) in [6.07, 6.45) is 7.87. The van der Waals surface area contributed by atoms with Crippen molar-refractivity contribution in [1.29, 1.82) is 0 Å². The number of rotatable bonds is 4. The first-order chi connectivity index (χ1) is 8.19. The highest BCUT2D eigenvalue weighted by atomic mass is 79.9. The Labute approximate surface area is 117 Å². The van der Waals surface area contributed by atoms with Crippen molar-refractivity contribution < 1.29 is 0 Å². The van der Waals surface area contributed by atoms with Gasteiger partial charge in [-0.05, 0) is 53.1 Å². The van der Waals surface area contributed by atoms with E-state index in [-0.39, 0.29) is 0 Å². The number of halogens is 1. The monoisotopic (exact) mass is 315 g/mol. The van der Waals surface area contributed by atoms with Crippen LogP contribution in [0.15, 0.2) is 15.9 Å². The third-order valence-corrected chi connectivity index (χ3v) is 5.78. The Balaban J connectivity index is 1.88. The van der Waals surface area contributed by atoms with Gasteiger partial charge in [-0.2, -0.15) is 0 Å². The van der Waals surface area contributed by atoms with E-state index in [1.807, 2.05) is 11.3 Å². The molecule has 1 aromatic heterocycles. The van der Waals surface area contributed by atoms with E-state index in [9.17, 15) is 0 Å². The molecule has 0 saturated heterocycles. The molecule has 3 unspecified atom stereocenters. The molecular weight excluding hydrogens is 294 g/mol. The molecular formula is C14H22BrNS. The molecule has 2 N–H and O–H groups in total. The molecule has 0 amide bonds. The number of thiophene rings is 1. The molecule has 0 bridgehead atoms. The zero-order valence-electron chi connectivity index (χ0n) is 10.5. The van der Waals surface area contributed by atoms with Crippen LogP contribution in [-0.4, -0.2) is 6.04 Å². The van der Waals surface area contributed by atoms with E-state index < -0.39 is 0 Å². The first-order valence-electron chi connectivity index (χ1n) is 6.67. The van der Waals surface area contributed by atoms with Crippen molar-refractivity contribution in [2.45, 2.75) is 51.5 Å². The fraction of sp³-hybridized carbons (Fsp3) is 0.714. The van der Waals surface area contributed by atoms with Gasteiger partial charge in [-0.15, -0.1) is 11.3 Å². The minimum Gasteiger partial charge on any atom is -0.327 e. The third-order valence-electron chi connectivity index (χ3n) is 4.06. The van der Waals surface area contributed by atoms with E-state index in [1.54, 1.807) is 0 Å². The molecule has 1 nitrogen and oxygen atoms in total. The van der Waals surface area contributed by atoms with Gasteiger partial charge in [-0.3, -0.25) is 0 Å². The van der Waals surface area contributed by atoms with Crippen molar-refractivity contribution in [3.05, 3.63) is 20.8 Å². The maximum atomic E-state index is 6.40. The summed E-state index contributed by atoms with van der Waals surface area (Å²) >= 11 is 5.33. The minimum atomic E-state index is 0.356. The molecule has 17 heavy (non-hydrogen) atoms. The van der Waals surface area contributed by atoms with Gasteiger partial charge in [-0.25, -0.2) is 0 Å². The molecule has 0 aromatic carbocycles. The molecule has 1 saturated carbocycles. The van der Waals surface area contributed by atoms with Crippen LogP contribution in [0.4, 0.5) is 0 Å². The predicted octanol–water partition coefficient (Wildman–Crippen LogP) is 4.60. The van der Waals surface area contributed by atoms with E-state index in [1.165, 1.54) is 41.5 Å². The topological polar surface area (TPSA) is 26.0 Å². The quantitative estimate of drug-likeness (QED) is 0.863. The Morgan fingerprint density at radius 3 is 3.00 bits per heavy atom. The Morgan fingerprint density at radius 2 is 2.35 bits per heavy atom. The fourth-order valence-electron chi connectivity index (χ4n) is 2.95. The Kier molecular flexibility index (Phi) is 5.07. The predicted molar refractivity (Wildman–Crippen MR) is 79.4 cm³/mol. The lowest BCUT2D eigenvalue weighted by Crippen LogP contribution is -2.35. The van der Waals surface area contributed by atoms with E-state index in [0.717, 1.165) is 18.3 Å². The maximum absolute atomic E-state index is 6.40. The van der Waals surface area contributed by atoms with Gasteiger partial charge in [0.2, 0.25) is 0 Å². The summed E-state index contributed by atoms with van der Waals surface area (Å²) in [5, 5.41) is 2.15. The lowest BCUT2D eigenvalue weighted by atomic mass is 9.76. The molecule has 3 heteroatoms. The number of hydrogen-bond acceptors (Lipinski definition) is 2. The number of hydrogen-bond donors (Lipinski definition) is 1. The summed E-state index contributed by atoms with van der Waals surface area (Å²) in [7, 11) is 0. The van der Waals surface area contributed by atoms with Gasteiger partial charge in [-0.1, -0.05) is 26.2 Å².